The van der Waals surface area contributed by atoms with Crippen molar-refractivity contribution in [3.63, 3.8) is 0 Å². The zero-order chi connectivity index (χ0) is 16.9. The van der Waals surface area contributed by atoms with E-state index >= 15 is 0 Å². The van der Waals surface area contributed by atoms with Gasteiger partial charge in [0.25, 0.3) is 0 Å². The van der Waals surface area contributed by atoms with E-state index in [1.807, 2.05) is 0 Å². The van der Waals surface area contributed by atoms with Crippen molar-refractivity contribution < 1.29 is 0 Å². The SMILES string of the molecule is c1ccc(-c2ccc([C+](c3ccccc3)c3ccccc3)cc2)cc1. The molecule has 0 spiro atoms. The third-order valence-electron chi connectivity index (χ3n) is 4.41. The molecule has 118 valence electrons. The number of benzene rings is 4. The first-order valence-electron chi connectivity index (χ1n) is 8.55. The molecule has 4 aromatic carbocycles. The fraction of sp³-hybridized carbons (Fsp3) is 0. The summed E-state index contributed by atoms with van der Waals surface area (Å²) in [5.74, 6) is 1.26. The molecule has 0 saturated carbocycles. The molecular formula is C25H19+. The van der Waals surface area contributed by atoms with Gasteiger partial charge in [-0.25, -0.2) is 0 Å². The molecule has 25 heavy (non-hydrogen) atoms. The first-order chi connectivity index (χ1) is 12.4. The molecule has 4 aromatic rings. The Hall–Kier alpha value is -3.25. The molecule has 4 rings (SSSR count). The highest BCUT2D eigenvalue weighted by Gasteiger charge is 2.21. The molecule has 0 aliphatic carbocycles. The summed E-state index contributed by atoms with van der Waals surface area (Å²) in [6, 6.07) is 40.5. The molecule has 0 nitrogen and oxygen atoms in total. The summed E-state index contributed by atoms with van der Waals surface area (Å²) in [5, 5.41) is 0. The molecule has 0 radical (unpaired) electrons. The Labute approximate surface area is 149 Å². The van der Waals surface area contributed by atoms with Crippen LogP contribution in [0.3, 0.4) is 0 Å². The summed E-state index contributed by atoms with van der Waals surface area (Å²) in [6.45, 7) is 0. The Kier molecular flexibility index (Phi) is 4.35. The summed E-state index contributed by atoms with van der Waals surface area (Å²) < 4.78 is 0. The molecule has 0 heterocycles. The molecule has 0 amide bonds. The van der Waals surface area contributed by atoms with Gasteiger partial charge in [-0.1, -0.05) is 42.5 Å². The second-order valence-electron chi connectivity index (χ2n) is 6.05. The Morgan fingerprint density at radius 1 is 0.320 bits per heavy atom. The molecule has 0 aromatic heterocycles. The zero-order valence-corrected chi connectivity index (χ0v) is 14.0. The monoisotopic (exact) mass is 319 g/mol. The van der Waals surface area contributed by atoms with E-state index in [0.717, 1.165) is 0 Å². The quantitative estimate of drug-likeness (QED) is 0.303. The third kappa shape index (κ3) is 3.34. The maximum atomic E-state index is 2.22. The summed E-state index contributed by atoms with van der Waals surface area (Å²) in [4.78, 5) is 0. The largest absolute Gasteiger partial charge is 0.0631 e. The highest BCUT2D eigenvalue weighted by Crippen LogP contribution is 2.32. The fourth-order valence-corrected chi connectivity index (χ4v) is 3.17. The van der Waals surface area contributed by atoms with Crippen molar-refractivity contribution in [2.75, 3.05) is 0 Å². The molecule has 0 atom stereocenters. The maximum Gasteiger partial charge on any atom is 0.0631 e. The fourth-order valence-electron chi connectivity index (χ4n) is 3.17. The van der Waals surface area contributed by atoms with Crippen molar-refractivity contribution in [1.29, 1.82) is 0 Å². The Balaban J connectivity index is 1.75. The van der Waals surface area contributed by atoms with Gasteiger partial charge >= 0.3 is 0 Å². The Bertz CT molecular complexity index is 868. The van der Waals surface area contributed by atoms with E-state index in [2.05, 4.69) is 115 Å². The molecule has 0 heteroatoms. The second kappa shape index (κ2) is 7.11. The van der Waals surface area contributed by atoms with Crippen molar-refractivity contribution in [2.24, 2.45) is 0 Å². The van der Waals surface area contributed by atoms with Crippen molar-refractivity contribution >= 4 is 0 Å². The first-order valence-corrected chi connectivity index (χ1v) is 8.55. The minimum atomic E-state index is 1.23. The van der Waals surface area contributed by atoms with Crippen molar-refractivity contribution in [3.8, 4) is 11.1 Å². The van der Waals surface area contributed by atoms with Crippen LogP contribution < -0.4 is 0 Å². The van der Waals surface area contributed by atoms with E-state index in [1.165, 1.54) is 33.7 Å². The van der Waals surface area contributed by atoms with Gasteiger partial charge in [-0.3, -0.25) is 0 Å². The highest BCUT2D eigenvalue weighted by molar-refractivity contribution is 5.66. The van der Waals surface area contributed by atoms with Crippen LogP contribution in [0, 0.1) is 5.92 Å². The van der Waals surface area contributed by atoms with Crippen molar-refractivity contribution in [2.45, 2.75) is 0 Å². The summed E-state index contributed by atoms with van der Waals surface area (Å²) in [7, 11) is 0. The summed E-state index contributed by atoms with van der Waals surface area (Å²) in [5.41, 5.74) is 6.19. The van der Waals surface area contributed by atoms with E-state index < -0.39 is 0 Å². The van der Waals surface area contributed by atoms with Gasteiger partial charge in [0.05, 0.1) is 22.6 Å². The number of hydrogen-bond donors (Lipinski definition) is 0. The second-order valence-corrected chi connectivity index (χ2v) is 6.05. The lowest BCUT2D eigenvalue weighted by Crippen LogP contribution is -2.04. The van der Waals surface area contributed by atoms with Crippen molar-refractivity contribution in [1.82, 2.24) is 0 Å². The minimum Gasteiger partial charge on any atom is -0.0622 e. The van der Waals surface area contributed by atoms with Crippen molar-refractivity contribution in [3.05, 3.63) is 138 Å². The normalized spacial score (nSPS) is 10.4. The van der Waals surface area contributed by atoms with Gasteiger partial charge in [-0.15, -0.1) is 0 Å². The van der Waals surface area contributed by atoms with Crippen LogP contribution in [0.4, 0.5) is 0 Å². The molecule has 0 unspecified atom stereocenters. The van der Waals surface area contributed by atoms with E-state index in [-0.39, 0.29) is 0 Å². The van der Waals surface area contributed by atoms with Crippen LogP contribution in [0.15, 0.2) is 115 Å². The smallest absolute Gasteiger partial charge is 0.0622 e. The van der Waals surface area contributed by atoms with Crippen LogP contribution in [0.2, 0.25) is 0 Å². The standard InChI is InChI=1S/C25H19/c1-4-10-20(11-5-1)21-16-18-24(19-17-21)25(22-12-6-2-7-13-22)23-14-8-3-9-15-23/h1-19H/q+1. The van der Waals surface area contributed by atoms with Gasteiger partial charge in [0, 0.05) is 0 Å². The minimum absolute atomic E-state index is 1.23. The van der Waals surface area contributed by atoms with Crippen LogP contribution >= 0.6 is 0 Å². The van der Waals surface area contributed by atoms with Crippen LogP contribution in [-0.2, 0) is 0 Å². The average molecular weight is 319 g/mol. The van der Waals surface area contributed by atoms with Crippen LogP contribution in [0.5, 0.6) is 0 Å². The van der Waals surface area contributed by atoms with E-state index in [1.54, 1.807) is 0 Å². The van der Waals surface area contributed by atoms with Crippen LogP contribution in [0.1, 0.15) is 16.7 Å². The average Bonchev–Trinajstić information content (AvgIpc) is 2.71. The van der Waals surface area contributed by atoms with E-state index in [9.17, 15) is 0 Å². The predicted molar refractivity (Wildman–Crippen MR) is 105 cm³/mol. The molecule has 0 N–H and O–H groups in total. The lowest BCUT2D eigenvalue weighted by Gasteiger charge is -2.13. The van der Waals surface area contributed by atoms with Gasteiger partial charge in [0.1, 0.15) is 0 Å². The Morgan fingerprint density at radius 3 is 1.16 bits per heavy atom. The van der Waals surface area contributed by atoms with Gasteiger partial charge in [-0.05, 0) is 83.9 Å². The molecule has 0 aliphatic rings. The summed E-state index contributed by atoms with van der Waals surface area (Å²) >= 11 is 0. The summed E-state index contributed by atoms with van der Waals surface area (Å²) in [6.07, 6.45) is 0. The first kappa shape index (κ1) is 15.3. The number of hydrogen-bond acceptors (Lipinski definition) is 0. The zero-order valence-electron chi connectivity index (χ0n) is 14.0. The molecule has 0 aliphatic heterocycles. The molecule has 0 bridgehead atoms. The topological polar surface area (TPSA) is 0 Å². The predicted octanol–water partition coefficient (Wildman–Crippen LogP) is 6.37. The maximum absolute atomic E-state index is 2.22. The van der Waals surface area contributed by atoms with Crippen LogP contribution in [-0.4, -0.2) is 0 Å². The van der Waals surface area contributed by atoms with E-state index in [0.29, 0.717) is 0 Å². The Morgan fingerprint density at radius 2 is 0.680 bits per heavy atom. The lowest BCUT2D eigenvalue weighted by molar-refractivity contribution is 1.23. The number of rotatable bonds is 4. The molecular weight excluding hydrogens is 300 g/mol. The third-order valence-corrected chi connectivity index (χ3v) is 4.41. The molecule has 0 fully saturated rings. The lowest BCUT2D eigenvalue weighted by atomic mass is 9.84. The van der Waals surface area contributed by atoms with Gasteiger partial charge in [0.15, 0.2) is 0 Å². The van der Waals surface area contributed by atoms with Gasteiger partial charge < -0.3 is 0 Å². The molecule has 0 saturated heterocycles. The van der Waals surface area contributed by atoms with Gasteiger partial charge in [0.2, 0.25) is 0 Å². The van der Waals surface area contributed by atoms with Gasteiger partial charge in [-0.2, -0.15) is 0 Å². The van der Waals surface area contributed by atoms with Crippen LogP contribution in [0.25, 0.3) is 11.1 Å². The highest BCUT2D eigenvalue weighted by atomic mass is 14.2. The van der Waals surface area contributed by atoms with E-state index in [4.69, 9.17) is 0 Å².